The molecule has 37 heavy (non-hydrogen) atoms. The second-order valence-electron chi connectivity index (χ2n) is 8.50. The minimum Gasteiger partial charge on any atom is -0.366 e. The molecule has 0 radical (unpaired) electrons. The van der Waals surface area contributed by atoms with Gasteiger partial charge in [-0.15, -0.1) is 0 Å². The molecule has 1 fully saturated rings. The highest BCUT2D eigenvalue weighted by Crippen LogP contribution is 2.33. The molecule has 0 amide bonds. The number of nitrogens with zero attached hydrogens (tertiary/aromatic N) is 5. The second-order valence-corrected chi connectivity index (χ2v) is 10.7. The van der Waals surface area contributed by atoms with Gasteiger partial charge in [0.1, 0.15) is 11.0 Å². The van der Waals surface area contributed by atoms with Crippen LogP contribution in [0.4, 0.5) is 24.8 Å². The van der Waals surface area contributed by atoms with Crippen molar-refractivity contribution in [3.8, 4) is 0 Å². The summed E-state index contributed by atoms with van der Waals surface area (Å²) in [6.45, 7) is 1.37. The molecule has 0 saturated carbocycles. The third-order valence-corrected chi connectivity index (χ3v) is 8.29. The summed E-state index contributed by atoms with van der Waals surface area (Å²) in [4.78, 5) is 8.60. The number of aromatic nitrogens is 5. The molecule has 3 heterocycles. The summed E-state index contributed by atoms with van der Waals surface area (Å²) in [6.07, 6.45) is 2.65. The first kappa shape index (κ1) is 24.8. The van der Waals surface area contributed by atoms with Gasteiger partial charge in [0, 0.05) is 11.5 Å². The van der Waals surface area contributed by atoms with Crippen LogP contribution in [0.3, 0.4) is 0 Å². The Labute approximate surface area is 210 Å². The highest BCUT2D eigenvalue weighted by Gasteiger charge is 2.32. The van der Waals surface area contributed by atoms with Crippen molar-refractivity contribution in [1.82, 2.24) is 30.7 Å². The lowest BCUT2D eigenvalue weighted by Gasteiger charge is -2.23. The van der Waals surface area contributed by atoms with Crippen LogP contribution in [-0.4, -0.2) is 52.1 Å². The van der Waals surface area contributed by atoms with E-state index in [-0.39, 0.29) is 21.9 Å². The van der Waals surface area contributed by atoms with E-state index in [1.54, 1.807) is 18.2 Å². The largest absolute Gasteiger partial charge is 0.416 e. The molecule has 0 atom stereocenters. The summed E-state index contributed by atoms with van der Waals surface area (Å²) in [5.41, 5.74) is 0.860. The van der Waals surface area contributed by atoms with Crippen molar-refractivity contribution < 1.29 is 21.6 Å². The number of alkyl halides is 3. The molecule has 1 aliphatic rings. The normalized spacial score (nSPS) is 15.4. The van der Waals surface area contributed by atoms with Crippen molar-refractivity contribution in [2.75, 3.05) is 13.1 Å². The number of piperidine rings is 1. The fourth-order valence-electron chi connectivity index (χ4n) is 4.05. The fraction of sp³-hybridized carbons (Fsp3) is 0.250. The SMILES string of the molecule is O=S(=O)(c1ccc([N-]c2ncc(/C=C/c3cc(C(F)(F)F)cc4n[nH]nc34)cn2)cc1)C1CCNCC1. The minimum atomic E-state index is -4.52. The molecule has 0 unspecified atom stereocenters. The van der Waals surface area contributed by atoms with Crippen LogP contribution in [-0.2, 0) is 16.0 Å². The van der Waals surface area contributed by atoms with Gasteiger partial charge in [-0.05, 0) is 73.8 Å². The minimum absolute atomic E-state index is 0.106. The Bertz CT molecular complexity index is 1530. The number of rotatable bonds is 6. The maximum atomic E-state index is 13.2. The molecule has 1 aliphatic heterocycles. The van der Waals surface area contributed by atoms with Gasteiger partial charge >= 0.3 is 6.18 Å². The van der Waals surface area contributed by atoms with E-state index in [2.05, 4.69) is 36.0 Å². The summed E-state index contributed by atoms with van der Waals surface area (Å²) in [7, 11) is -3.40. The predicted molar refractivity (Wildman–Crippen MR) is 132 cm³/mol. The first-order valence-electron chi connectivity index (χ1n) is 11.4. The van der Waals surface area contributed by atoms with E-state index in [0.717, 1.165) is 12.1 Å². The molecular formula is C24H21F3N7O2S-. The summed E-state index contributed by atoms with van der Waals surface area (Å²) < 4.78 is 65.3. The molecule has 2 aromatic carbocycles. The average molecular weight is 529 g/mol. The molecule has 4 aromatic rings. The maximum Gasteiger partial charge on any atom is 0.416 e. The molecule has 0 spiro atoms. The zero-order valence-corrected chi connectivity index (χ0v) is 20.1. The van der Waals surface area contributed by atoms with Crippen molar-refractivity contribution in [3.05, 3.63) is 70.8 Å². The third kappa shape index (κ3) is 5.47. The van der Waals surface area contributed by atoms with Gasteiger partial charge in [0.25, 0.3) is 0 Å². The first-order valence-corrected chi connectivity index (χ1v) is 12.9. The van der Waals surface area contributed by atoms with Crippen LogP contribution in [0.5, 0.6) is 0 Å². The Morgan fingerprint density at radius 3 is 2.35 bits per heavy atom. The molecule has 0 bridgehead atoms. The van der Waals surface area contributed by atoms with Gasteiger partial charge < -0.3 is 20.6 Å². The Morgan fingerprint density at radius 1 is 0.973 bits per heavy atom. The van der Waals surface area contributed by atoms with Crippen LogP contribution < -0.4 is 5.32 Å². The Hall–Kier alpha value is -3.84. The van der Waals surface area contributed by atoms with E-state index in [1.165, 1.54) is 30.6 Å². The zero-order chi connectivity index (χ0) is 26.0. The number of benzene rings is 2. The highest BCUT2D eigenvalue weighted by atomic mass is 32.2. The summed E-state index contributed by atoms with van der Waals surface area (Å²) in [5, 5.41) is 17.1. The zero-order valence-electron chi connectivity index (χ0n) is 19.3. The van der Waals surface area contributed by atoms with Crippen LogP contribution in [0.1, 0.15) is 29.5 Å². The monoisotopic (exact) mass is 528 g/mol. The van der Waals surface area contributed by atoms with E-state index in [1.807, 2.05) is 0 Å². The molecule has 0 aliphatic carbocycles. The van der Waals surface area contributed by atoms with E-state index >= 15 is 0 Å². The molecule has 1 saturated heterocycles. The van der Waals surface area contributed by atoms with Crippen molar-refractivity contribution in [3.63, 3.8) is 0 Å². The van der Waals surface area contributed by atoms with Crippen molar-refractivity contribution in [2.24, 2.45) is 0 Å². The van der Waals surface area contributed by atoms with Crippen LogP contribution in [0.15, 0.2) is 53.7 Å². The summed E-state index contributed by atoms with van der Waals surface area (Å²) in [6, 6.07) is 8.20. The number of hydrogen-bond donors (Lipinski definition) is 2. The van der Waals surface area contributed by atoms with Gasteiger partial charge in [-0.25, -0.2) is 8.42 Å². The van der Waals surface area contributed by atoms with E-state index in [9.17, 15) is 21.6 Å². The number of hydrogen-bond acceptors (Lipinski definition) is 7. The lowest BCUT2D eigenvalue weighted by atomic mass is 10.1. The van der Waals surface area contributed by atoms with Gasteiger partial charge in [-0.2, -0.15) is 28.6 Å². The molecular weight excluding hydrogens is 507 g/mol. The Kier molecular flexibility index (Phi) is 6.65. The predicted octanol–water partition coefficient (Wildman–Crippen LogP) is 4.80. The van der Waals surface area contributed by atoms with Crippen molar-refractivity contribution >= 4 is 44.7 Å². The van der Waals surface area contributed by atoms with Crippen LogP contribution in [0.2, 0.25) is 0 Å². The second kappa shape index (κ2) is 9.90. The fourth-order valence-corrected chi connectivity index (χ4v) is 5.81. The quantitative estimate of drug-likeness (QED) is 0.368. The lowest BCUT2D eigenvalue weighted by Crippen LogP contribution is -2.35. The number of H-pyrrole nitrogens is 1. The molecule has 9 nitrogen and oxygen atoms in total. The third-order valence-electron chi connectivity index (χ3n) is 6.01. The van der Waals surface area contributed by atoms with Gasteiger partial charge in [0.2, 0.25) is 0 Å². The van der Waals surface area contributed by atoms with Crippen LogP contribution in [0.25, 0.3) is 28.5 Å². The number of halogens is 3. The van der Waals surface area contributed by atoms with Gasteiger partial charge in [0.15, 0.2) is 9.84 Å². The van der Waals surface area contributed by atoms with Gasteiger partial charge in [-0.1, -0.05) is 24.3 Å². The molecule has 5 rings (SSSR count). The topological polar surface area (TPSA) is 128 Å². The van der Waals surface area contributed by atoms with E-state index in [4.69, 9.17) is 0 Å². The number of nitrogens with one attached hydrogen (secondary N) is 2. The first-order chi connectivity index (χ1) is 17.7. The standard InChI is InChI=1S/C24H21F3N7O2S/c25-24(26,27)17-11-16(22-21(12-17)32-34-33-22)2-1-15-13-29-23(30-14-15)31-18-3-5-19(6-4-18)37(35,36)20-7-9-28-10-8-20/h1-6,11-14,20,28H,7-10H2,(H-,29,30,31,32,33,34)/q-1/b2-1+. The van der Waals surface area contributed by atoms with Gasteiger partial charge in [-0.3, -0.25) is 0 Å². The Morgan fingerprint density at radius 2 is 1.68 bits per heavy atom. The average Bonchev–Trinajstić information content (AvgIpc) is 3.38. The number of aromatic amines is 1. The molecule has 13 heteroatoms. The summed E-state index contributed by atoms with van der Waals surface area (Å²) >= 11 is 0. The van der Waals surface area contributed by atoms with E-state index in [0.29, 0.717) is 42.7 Å². The maximum absolute atomic E-state index is 13.2. The lowest BCUT2D eigenvalue weighted by molar-refractivity contribution is -0.137. The molecule has 2 N–H and O–H groups in total. The van der Waals surface area contributed by atoms with Crippen molar-refractivity contribution in [1.29, 1.82) is 0 Å². The highest BCUT2D eigenvalue weighted by molar-refractivity contribution is 7.92. The van der Waals surface area contributed by atoms with Crippen LogP contribution >= 0.6 is 0 Å². The van der Waals surface area contributed by atoms with Crippen molar-refractivity contribution in [2.45, 2.75) is 29.2 Å². The smallest absolute Gasteiger partial charge is 0.366 e. The number of sulfone groups is 1. The van der Waals surface area contributed by atoms with Gasteiger partial charge in [0.05, 0.1) is 15.7 Å². The summed E-state index contributed by atoms with van der Waals surface area (Å²) in [5.74, 6) is 0.157. The number of fused-ring (bicyclic) bond motifs is 1. The molecule has 192 valence electrons. The van der Waals surface area contributed by atoms with Crippen LogP contribution in [0, 0.1) is 0 Å². The molecule has 2 aromatic heterocycles. The van der Waals surface area contributed by atoms with E-state index < -0.39 is 26.8 Å². The Balaban J connectivity index is 1.28.